The lowest BCUT2D eigenvalue weighted by Gasteiger charge is -2.27. The number of amides is 4. The zero-order chi connectivity index (χ0) is 22.7. The first kappa shape index (κ1) is 21.6. The lowest BCUT2D eigenvalue weighted by atomic mass is 9.83. The molecule has 1 aliphatic heterocycles. The average molecular weight is 448 g/mol. The van der Waals surface area contributed by atoms with E-state index < -0.39 is 29.9 Å². The summed E-state index contributed by atoms with van der Waals surface area (Å²) in [7, 11) is 0. The van der Waals surface area contributed by atoms with Crippen molar-refractivity contribution in [2.45, 2.75) is 18.9 Å². The number of rotatable bonds is 6. The Morgan fingerprint density at radius 3 is 2.34 bits per heavy atom. The van der Waals surface area contributed by atoms with Gasteiger partial charge in [-0.25, -0.2) is 4.79 Å². The quantitative estimate of drug-likeness (QED) is 0.554. The molecule has 4 amide bonds. The third-order valence-corrected chi connectivity index (χ3v) is 5.76. The number of hydrogen-bond donors (Lipinski definition) is 2. The number of aryl methyl sites for hydroxylation is 1. The summed E-state index contributed by atoms with van der Waals surface area (Å²) in [6.07, 6.45) is 0.272. The molecule has 0 saturated carbocycles. The lowest BCUT2D eigenvalue weighted by Crippen LogP contribution is -2.46. The topological polar surface area (TPSA) is 78.5 Å². The van der Waals surface area contributed by atoms with Gasteiger partial charge in [0.05, 0.1) is 0 Å². The highest BCUT2D eigenvalue weighted by molar-refractivity contribution is 6.31. The minimum Gasteiger partial charge on any atom is -0.324 e. The van der Waals surface area contributed by atoms with Gasteiger partial charge in [-0.3, -0.25) is 14.5 Å². The summed E-state index contributed by atoms with van der Waals surface area (Å²) in [6.45, 7) is 1.43. The molecule has 4 rings (SSSR count). The van der Waals surface area contributed by atoms with E-state index in [0.717, 1.165) is 16.0 Å². The first-order valence-corrected chi connectivity index (χ1v) is 10.6. The number of urea groups is 1. The Balaban J connectivity index is 1.61. The van der Waals surface area contributed by atoms with Crippen molar-refractivity contribution in [2.75, 3.05) is 11.9 Å². The Hall–Kier alpha value is -3.64. The van der Waals surface area contributed by atoms with Crippen LogP contribution < -0.4 is 10.6 Å². The fraction of sp³-hybridized carbons (Fsp3) is 0.160. The number of nitrogens with zero attached hydrogens (tertiary/aromatic N) is 1. The number of anilines is 1. The molecule has 0 radical (unpaired) electrons. The van der Waals surface area contributed by atoms with Crippen LogP contribution in [0.1, 0.15) is 16.7 Å². The first-order chi connectivity index (χ1) is 15.4. The van der Waals surface area contributed by atoms with Crippen LogP contribution in [0, 0.1) is 6.92 Å². The highest BCUT2D eigenvalue weighted by Gasteiger charge is 2.52. The van der Waals surface area contributed by atoms with Crippen LogP contribution in [0.25, 0.3) is 0 Å². The smallest absolute Gasteiger partial charge is 0.324 e. The van der Waals surface area contributed by atoms with Crippen LogP contribution in [0.2, 0.25) is 5.02 Å². The Bertz CT molecular complexity index is 1170. The van der Waals surface area contributed by atoms with Gasteiger partial charge >= 0.3 is 6.03 Å². The summed E-state index contributed by atoms with van der Waals surface area (Å²) in [5, 5.41) is 6.08. The van der Waals surface area contributed by atoms with Crippen LogP contribution in [0.5, 0.6) is 0 Å². The summed E-state index contributed by atoms with van der Waals surface area (Å²) < 4.78 is 0. The fourth-order valence-corrected chi connectivity index (χ4v) is 4.05. The molecule has 0 aromatic heterocycles. The summed E-state index contributed by atoms with van der Waals surface area (Å²) >= 11 is 6.02. The van der Waals surface area contributed by atoms with Crippen molar-refractivity contribution in [3.63, 3.8) is 0 Å². The van der Waals surface area contributed by atoms with Gasteiger partial charge in [-0.1, -0.05) is 78.3 Å². The van der Waals surface area contributed by atoms with Crippen molar-refractivity contribution in [1.82, 2.24) is 10.2 Å². The number of carbonyl (C=O) groups excluding carboxylic acids is 3. The number of nitrogens with one attached hydrogen (secondary N) is 2. The maximum absolute atomic E-state index is 13.6. The molecule has 1 atom stereocenters. The molecule has 2 N–H and O–H groups in total. The van der Waals surface area contributed by atoms with Crippen molar-refractivity contribution < 1.29 is 14.4 Å². The van der Waals surface area contributed by atoms with E-state index in [1.807, 2.05) is 55.5 Å². The highest BCUT2D eigenvalue weighted by Crippen LogP contribution is 2.33. The van der Waals surface area contributed by atoms with E-state index in [4.69, 9.17) is 11.6 Å². The van der Waals surface area contributed by atoms with Gasteiger partial charge in [0.1, 0.15) is 6.54 Å². The number of carbonyl (C=O) groups is 3. The second-order valence-electron chi connectivity index (χ2n) is 7.76. The van der Waals surface area contributed by atoms with Gasteiger partial charge in [0.2, 0.25) is 5.91 Å². The summed E-state index contributed by atoms with van der Waals surface area (Å²) in [5.74, 6) is -0.946. The zero-order valence-corrected chi connectivity index (χ0v) is 18.2. The van der Waals surface area contributed by atoms with Crippen LogP contribution in [0.4, 0.5) is 10.5 Å². The molecule has 1 aliphatic rings. The number of halogens is 1. The van der Waals surface area contributed by atoms with E-state index in [1.54, 1.807) is 30.3 Å². The van der Waals surface area contributed by atoms with E-state index in [0.29, 0.717) is 16.3 Å². The Morgan fingerprint density at radius 2 is 1.66 bits per heavy atom. The second-order valence-corrected chi connectivity index (χ2v) is 8.20. The minimum absolute atomic E-state index is 0.272. The number of hydrogen-bond acceptors (Lipinski definition) is 3. The van der Waals surface area contributed by atoms with E-state index >= 15 is 0 Å². The molecule has 3 aromatic carbocycles. The largest absolute Gasteiger partial charge is 0.325 e. The molecule has 0 unspecified atom stereocenters. The summed E-state index contributed by atoms with van der Waals surface area (Å²) in [4.78, 5) is 40.1. The molecular weight excluding hydrogens is 426 g/mol. The molecule has 0 bridgehead atoms. The highest BCUT2D eigenvalue weighted by atomic mass is 35.5. The SMILES string of the molecule is Cc1ccc(Cl)cc1NC(=O)CN1C(=O)N[C@@](Cc2ccccc2)(c2ccccc2)C1=O. The van der Waals surface area contributed by atoms with Gasteiger partial charge in [-0.05, 0) is 35.7 Å². The normalized spacial score (nSPS) is 17.9. The van der Waals surface area contributed by atoms with Gasteiger partial charge in [-0.2, -0.15) is 0 Å². The zero-order valence-electron chi connectivity index (χ0n) is 17.5. The Morgan fingerprint density at radius 1 is 1.00 bits per heavy atom. The molecule has 0 aliphatic carbocycles. The maximum Gasteiger partial charge on any atom is 0.325 e. The average Bonchev–Trinajstić information content (AvgIpc) is 3.02. The second kappa shape index (κ2) is 8.85. The number of benzene rings is 3. The Kier molecular flexibility index (Phi) is 5.97. The molecule has 1 saturated heterocycles. The first-order valence-electron chi connectivity index (χ1n) is 10.2. The number of imide groups is 1. The van der Waals surface area contributed by atoms with Crippen molar-refractivity contribution in [3.8, 4) is 0 Å². The molecule has 162 valence electrons. The van der Waals surface area contributed by atoms with Crippen molar-refractivity contribution in [1.29, 1.82) is 0 Å². The molecule has 3 aromatic rings. The lowest BCUT2D eigenvalue weighted by molar-refractivity contribution is -0.134. The van der Waals surface area contributed by atoms with E-state index in [1.165, 1.54) is 0 Å². The van der Waals surface area contributed by atoms with Crippen LogP contribution in [0.15, 0.2) is 78.9 Å². The van der Waals surface area contributed by atoms with Gasteiger partial charge in [0.25, 0.3) is 5.91 Å². The monoisotopic (exact) mass is 447 g/mol. The Labute approximate surface area is 191 Å². The van der Waals surface area contributed by atoms with Crippen LogP contribution in [-0.4, -0.2) is 29.3 Å². The van der Waals surface area contributed by atoms with Crippen LogP contribution in [0.3, 0.4) is 0 Å². The molecule has 6 nitrogen and oxygen atoms in total. The van der Waals surface area contributed by atoms with Gasteiger partial charge in [-0.15, -0.1) is 0 Å². The fourth-order valence-electron chi connectivity index (χ4n) is 3.87. The van der Waals surface area contributed by atoms with E-state index in [9.17, 15) is 14.4 Å². The molecule has 7 heteroatoms. The summed E-state index contributed by atoms with van der Waals surface area (Å²) in [5.41, 5.74) is 1.63. The third-order valence-electron chi connectivity index (χ3n) is 5.53. The molecular formula is C25H22ClN3O3. The minimum atomic E-state index is -1.29. The van der Waals surface area contributed by atoms with E-state index in [-0.39, 0.29) is 6.42 Å². The standard InChI is InChI=1S/C25H22ClN3O3/c1-17-12-13-20(26)14-21(17)27-22(30)16-29-23(31)25(28-24(29)32,19-10-6-3-7-11-19)15-18-8-4-2-5-9-18/h2-14H,15-16H2,1H3,(H,27,30)(H,28,32)/t25-/m0/s1. The molecule has 1 fully saturated rings. The van der Waals surface area contributed by atoms with Crippen molar-refractivity contribution >= 4 is 35.1 Å². The van der Waals surface area contributed by atoms with Gasteiger partial charge in [0.15, 0.2) is 5.54 Å². The molecule has 1 heterocycles. The van der Waals surface area contributed by atoms with Crippen molar-refractivity contribution in [3.05, 3.63) is 101 Å². The predicted molar refractivity (Wildman–Crippen MR) is 123 cm³/mol. The maximum atomic E-state index is 13.6. The third kappa shape index (κ3) is 4.22. The van der Waals surface area contributed by atoms with E-state index in [2.05, 4.69) is 10.6 Å². The van der Waals surface area contributed by atoms with Crippen LogP contribution >= 0.6 is 11.6 Å². The van der Waals surface area contributed by atoms with Gasteiger partial charge < -0.3 is 10.6 Å². The van der Waals surface area contributed by atoms with Crippen molar-refractivity contribution in [2.24, 2.45) is 0 Å². The van der Waals surface area contributed by atoms with Crippen LogP contribution in [-0.2, 0) is 21.5 Å². The predicted octanol–water partition coefficient (Wildman–Crippen LogP) is 4.28. The molecule has 0 spiro atoms. The summed E-state index contributed by atoms with van der Waals surface area (Å²) in [6, 6.07) is 23.1. The molecule has 32 heavy (non-hydrogen) atoms. The van der Waals surface area contributed by atoms with Gasteiger partial charge in [0, 0.05) is 17.1 Å².